The van der Waals surface area contributed by atoms with E-state index in [9.17, 15) is 9.90 Å². The summed E-state index contributed by atoms with van der Waals surface area (Å²) < 4.78 is 1.30. The predicted octanol–water partition coefficient (Wildman–Crippen LogP) is 3.05. The maximum absolute atomic E-state index is 12.7. The standard InChI is InChI=1S/C16H18N2O2S/c1-9-10(14(19)11-7-17-18(4)15(11)20)5-6-12-13(9)16(2,3)8-21-12/h5-7,20H,8H2,1-4H3. The predicted molar refractivity (Wildman–Crippen MR) is 83.2 cm³/mol. The topological polar surface area (TPSA) is 55.1 Å². The number of hydrogen-bond donors (Lipinski definition) is 1. The van der Waals surface area contributed by atoms with E-state index in [2.05, 4.69) is 18.9 Å². The van der Waals surface area contributed by atoms with E-state index in [0.29, 0.717) is 5.56 Å². The molecule has 5 heteroatoms. The summed E-state index contributed by atoms with van der Waals surface area (Å²) in [7, 11) is 1.61. The van der Waals surface area contributed by atoms with Gasteiger partial charge in [-0.15, -0.1) is 11.8 Å². The summed E-state index contributed by atoms with van der Waals surface area (Å²) in [5, 5.41) is 13.9. The van der Waals surface area contributed by atoms with Crippen LogP contribution in [0.5, 0.6) is 5.88 Å². The molecule has 21 heavy (non-hydrogen) atoms. The molecule has 0 fully saturated rings. The Bertz CT molecular complexity index is 747. The number of benzene rings is 1. The van der Waals surface area contributed by atoms with Gasteiger partial charge in [-0.2, -0.15) is 5.10 Å². The number of nitrogens with zero attached hydrogens (tertiary/aromatic N) is 2. The van der Waals surface area contributed by atoms with Crippen LogP contribution in [0.3, 0.4) is 0 Å². The Hall–Kier alpha value is -1.75. The first-order valence-electron chi connectivity index (χ1n) is 6.85. The molecule has 0 atom stereocenters. The monoisotopic (exact) mass is 302 g/mol. The van der Waals surface area contributed by atoms with Crippen molar-refractivity contribution in [2.24, 2.45) is 7.05 Å². The molecule has 2 heterocycles. The van der Waals surface area contributed by atoms with E-state index in [-0.39, 0.29) is 22.6 Å². The number of aromatic nitrogens is 2. The number of hydrogen-bond acceptors (Lipinski definition) is 4. The third kappa shape index (κ3) is 2.07. The Labute approximate surface area is 128 Å². The van der Waals surface area contributed by atoms with Crippen LogP contribution in [0.15, 0.2) is 23.2 Å². The number of aryl methyl sites for hydroxylation is 1. The third-order valence-electron chi connectivity index (χ3n) is 4.09. The third-order valence-corrected chi connectivity index (χ3v) is 5.61. The van der Waals surface area contributed by atoms with Gasteiger partial charge >= 0.3 is 0 Å². The van der Waals surface area contributed by atoms with Crippen molar-refractivity contribution in [2.45, 2.75) is 31.1 Å². The lowest BCUT2D eigenvalue weighted by atomic mass is 9.81. The molecule has 1 N–H and O–H groups in total. The molecule has 4 nitrogen and oxygen atoms in total. The number of carbonyl (C=O) groups excluding carboxylic acids is 1. The Morgan fingerprint density at radius 3 is 2.71 bits per heavy atom. The van der Waals surface area contributed by atoms with Gasteiger partial charge in [-0.3, -0.25) is 4.79 Å². The van der Waals surface area contributed by atoms with E-state index in [4.69, 9.17) is 0 Å². The minimum absolute atomic E-state index is 0.0668. The fraction of sp³-hybridized carbons (Fsp3) is 0.375. The Morgan fingerprint density at radius 2 is 2.10 bits per heavy atom. The molecule has 0 saturated heterocycles. The highest BCUT2D eigenvalue weighted by atomic mass is 32.2. The summed E-state index contributed by atoms with van der Waals surface area (Å²) in [4.78, 5) is 13.9. The highest BCUT2D eigenvalue weighted by Crippen LogP contribution is 2.46. The molecular weight excluding hydrogens is 284 g/mol. The molecule has 0 bridgehead atoms. The van der Waals surface area contributed by atoms with Gasteiger partial charge in [0.15, 0.2) is 5.78 Å². The van der Waals surface area contributed by atoms with Crippen LogP contribution < -0.4 is 0 Å². The van der Waals surface area contributed by atoms with Gasteiger partial charge < -0.3 is 5.11 Å². The highest BCUT2D eigenvalue weighted by molar-refractivity contribution is 7.99. The van der Waals surface area contributed by atoms with Crippen molar-refractivity contribution in [3.63, 3.8) is 0 Å². The van der Waals surface area contributed by atoms with Crippen LogP contribution in [0, 0.1) is 6.92 Å². The molecule has 3 rings (SSSR count). The van der Waals surface area contributed by atoms with Gasteiger partial charge in [0, 0.05) is 28.7 Å². The Balaban J connectivity index is 2.13. The molecule has 2 aromatic rings. The summed E-state index contributed by atoms with van der Waals surface area (Å²) in [6.07, 6.45) is 1.42. The zero-order valence-corrected chi connectivity index (χ0v) is 13.4. The average Bonchev–Trinajstić information content (AvgIpc) is 2.91. The quantitative estimate of drug-likeness (QED) is 0.866. The molecule has 110 valence electrons. The molecule has 0 saturated carbocycles. The summed E-state index contributed by atoms with van der Waals surface area (Å²) in [5.74, 6) is 0.765. The van der Waals surface area contributed by atoms with E-state index < -0.39 is 0 Å². The smallest absolute Gasteiger partial charge is 0.220 e. The summed E-state index contributed by atoms with van der Waals surface area (Å²) >= 11 is 1.84. The molecule has 1 aliphatic heterocycles. The second kappa shape index (κ2) is 4.63. The van der Waals surface area contributed by atoms with E-state index in [1.165, 1.54) is 21.3 Å². The second-order valence-corrected chi connectivity index (χ2v) is 7.14. The fourth-order valence-electron chi connectivity index (χ4n) is 2.96. The molecule has 0 spiro atoms. The minimum atomic E-state index is -0.173. The van der Waals surface area contributed by atoms with Crippen LogP contribution in [0.1, 0.15) is 40.9 Å². The molecule has 0 aliphatic carbocycles. The van der Waals surface area contributed by atoms with Gasteiger partial charge in [0.25, 0.3) is 0 Å². The zero-order valence-electron chi connectivity index (χ0n) is 12.6. The molecule has 1 aliphatic rings. The van der Waals surface area contributed by atoms with Crippen LogP contribution in [0.4, 0.5) is 0 Å². The van der Waals surface area contributed by atoms with Crippen LogP contribution >= 0.6 is 11.8 Å². The second-order valence-electron chi connectivity index (χ2n) is 6.12. The van der Waals surface area contributed by atoms with Gasteiger partial charge in [-0.1, -0.05) is 13.8 Å². The minimum Gasteiger partial charge on any atom is -0.493 e. The van der Waals surface area contributed by atoms with Gasteiger partial charge in [0.05, 0.1) is 6.20 Å². The molecule has 0 unspecified atom stereocenters. The SMILES string of the molecule is Cc1c(C(=O)c2cnn(C)c2O)ccc2c1C(C)(C)CS2. The summed E-state index contributed by atoms with van der Waals surface area (Å²) in [5.41, 5.74) is 3.23. The summed E-state index contributed by atoms with van der Waals surface area (Å²) in [6, 6.07) is 3.87. The number of rotatable bonds is 2. The molecule has 1 aromatic carbocycles. The molecular formula is C16H18N2O2S. The summed E-state index contributed by atoms with van der Waals surface area (Å²) in [6.45, 7) is 6.40. The van der Waals surface area contributed by atoms with Crippen molar-refractivity contribution in [3.05, 3.63) is 40.6 Å². The first-order chi connectivity index (χ1) is 9.83. The maximum Gasteiger partial charge on any atom is 0.220 e. The Kier molecular flexibility index (Phi) is 3.13. The van der Waals surface area contributed by atoms with Crippen molar-refractivity contribution in [3.8, 4) is 5.88 Å². The fourth-order valence-corrected chi connectivity index (χ4v) is 4.36. The Morgan fingerprint density at radius 1 is 1.38 bits per heavy atom. The highest BCUT2D eigenvalue weighted by Gasteiger charge is 2.34. The largest absolute Gasteiger partial charge is 0.493 e. The number of carbonyl (C=O) groups is 1. The lowest BCUT2D eigenvalue weighted by Crippen LogP contribution is -2.19. The van der Waals surface area contributed by atoms with Gasteiger partial charge in [0.2, 0.25) is 5.88 Å². The normalized spacial score (nSPS) is 16.0. The number of thioether (sulfide) groups is 1. The van der Waals surface area contributed by atoms with E-state index in [1.54, 1.807) is 7.05 Å². The first-order valence-corrected chi connectivity index (χ1v) is 7.84. The maximum atomic E-state index is 12.7. The lowest BCUT2D eigenvalue weighted by Gasteiger charge is -2.21. The van der Waals surface area contributed by atoms with Gasteiger partial charge in [-0.25, -0.2) is 4.68 Å². The van der Waals surface area contributed by atoms with Crippen molar-refractivity contribution < 1.29 is 9.90 Å². The zero-order chi connectivity index (χ0) is 15.4. The van der Waals surface area contributed by atoms with Crippen molar-refractivity contribution >= 4 is 17.5 Å². The van der Waals surface area contributed by atoms with E-state index in [0.717, 1.165) is 11.3 Å². The molecule has 0 amide bonds. The number of ketones is 1. The lowest BCUT2D eigenvalue weighted by molar-refractivity contribution is 0.103. The molecule has 0 radical (unpaired) electrons. The van der Waals surface area contributed by atoms with E-state index in [1.807, 2.05) is 30.8 Å². The number of fused-ring (bicyclic) bond motifs is 1. The van der Waals surface area contributed by atoms with E-state index >= 15 is 0 Å². The van der Waals surface area contributed by atoms with Crippen molar-refractivity contribution in [1.29, 1.82) is 0 Å². The number of aromatic hydroxyl groups is 1. The van der Waals surface area contributed by atoms with Gasteiger partial charge in [-0.05, 0) is 30.2 Å². The van der Waals surface area contributed by atoms with Crippen LogP contribution in [0.2, 0.25) is 0 Å². The van der Waals surface area contributed by atoms with Crippen LogP contribution in [0.25, 0.3) is 0 Å². The average molecular weight is 302 g/mol. The van der Waals surface area contributed by atoms with Crippen molar-refractivity contribution in [2.75, 3.05) is 5.75 Å². The van der Waals surface area contributed by atoms with Crippen LogP contribution in [-0.2, 0) is 12.5 Å². The molecule has 1 aromatic heterocycles. The van der Waals surface area contributed by atoms with Crippen LogP contribution in [-0.4, -0.2) is 26.4 Å². The first kappa shape index (κ1) is 14.2. The van der Waals surface area contributed by atoms with Crippen molar-refractivity contribution in [1.82, 2.24) is 9.78 Å². The van der Waals surface area contributed by atoms with Gasteiger partial charge in [0.1, 0.15) is 5.56 Å².